The van der Waals surface area contributed by atoms with Gasteiger partial charge in [0, 0.05) is 16.7 Å². The molecule has 0 aliphatic rings. The Morgan fingerprint density at radius 1 is 0.895 bits per heavy atom. The van der Waals surface area contributed by atoms with E-state index in [-0.39, 0.29) is 11.2 Å². The number of thioether (sulfide) groups is 1. The first-order valence-electron chi connectivity index (χ1n) is 12.3. The molecule has 1 aromatic heterocycles. The van der Waals surface area contributed by atoms with E-state index in [4.69, 9.17) is 14.3 Å². The Labute approximate surface area is 227 Å². The Balaban J connectivity index is 1.22. The molecule has 0 radical (unpaired) electrons. The van der Waals surface area contributed by atoms with Gasteiger partial charge in [-0.25, -0.2) is 0 Å². The number of ether oxygens (including phenoxy) is 2. The molecule has 0 bridgehead atoms. The smallest absolute Gasteiger partial charge is 0.319 e. The van der Waals surface area contributed by atoms with Gasteiger partial charge >= 0.3 is 5.97 Å². The fraction of sp³-hybridized carbons (Fsp3) is 0.194. The maximum absolute atomic E-state index is 12.3. The summed E-state index contributed by atoms with van der Waals surface area (Å²) < 4.78 is 10.8. The lowest BCUT2D eigenvalue weighted by molar-refractivity contribution is -0.139. The SMILES string of the molecule is COC(=O)C(Cc1ccc(OCCON=C(C)c2ccc(-c3ccccn3)cc2)cc1)Sc1ccccc1. The molecule has 0 amide bonds. The Bertz CT molecular complexity index is 1310. The molecule has 0 saturated heterocycles. The number of pyridine rings is 1. The highest BCUT2D eigenvalue weighted by molar-refractivity contribution is 8.00. The zero-order valence-corrected chi connectivity index (χ0v) is 22.3. The van der Waals surface area contributed by atoms with Crippen LogP contribution in [0.2, 0.25) is 0 Å². The lowest BCUT2D eigenvalue weighted by Crippen LogP contribution is -2.21. The van der Waals surface area contributed by atoms with Crippen molar-refractivity contribution >= 4 is 23.4 Å². The molecule has 4 aromatic rings. The minimum Gasteiger partial charge on any atom is -0.490 e. The number of nitrogens with zero attached hydrogens (tertiary/aromatic N) is 2. The number of hydrogen-bond donors (Lipinski definition) is 0. The first-order valence-corrected chi connectivity index (χ1v) is 13.2. The van der Waals surface area contributed by atoms with Crippen molar-refractivity contribution in [2.24, 2.45) is 5.16 Å². The van der Waals surface area contributed by atoms with Crippen LogP contribution in [0.25, 0.3) is 11.3 Å². The molecular formula is C31H30N2O4S. The number of esters is 1. The van der Waals surface area contributed by atoms with Crippen LogP contribution < -0.4 is 4.74 Å². The van der Waals surface area contributed by atoms with Crippen LogP contribution in [0.4, 0.5) is 0 Å². The minimum absolute atomic E-state index is 0.240. The lowest BCUT2D eigenvalue weighted by atomic mass is 10.1. The van der Waals surface area contributed by atoms with Gasteiger partial charge in [0.15, 0.2) is 6.61 Å². The van der Waals surface area contributed by atoms with Crippen LogP contribution in [0.5, 0.6) is 5.75 Å². The van der Waals surface area contributed by atoms with Crippen molar-refractivity contribution in [2.75, 3.05) is 20.3 Å². The fourth-order valence-electron chi connectivity index (χ4n) is 3.71. The number of carbonyl (C=O) groups excluding carboxylic acids is 1. The number of benzene rings is 3. The Morgan fingerprint density at radius 2 is 1.63 bits per heavy atom. The van der Waals surface area contributed by atoms with Crippen LogP contribution in [0, 0.1) is 0 Å². The van der Waals surface area contributed by atoms with E-state index < -0.39 is 0 Å². The standard InChI is InChI=1S/C31H30N2O4S/c1-23(25-13-15-26(16-14-25)29-10-6-7-19-32-29)33-37-21-20-36-27-17-11-24(12-18-27)22-30(31(34)35-2)38-28-8-4-3-5-9-28/h3-19,30H,20-22H2,1-2H3. The number of aromatic nitrogens is 1. The lowest BCUT2D eigenvalue weighted by Gasteiger charge is -2.15. The van der Waals surface area contributed by atoms with Crippen molar-refractivity contribution < 1.29 is 19.1 Å². The third kappa shape index (κ3) is 7.95. The maximum atomic E-state index is 12.3. The van der Waals surface area contributed by atoms with Crippen LogP contribution in [0.1, 0.15) is 18.1 Å². The topological polar surface area (TPSA) is 70.0 Å². The molecule has 0 fully saturated rings. The molecule has 3 aromatic carbocycles. The molecule has 4 rings (SSSR count). The number of hydrogen-bond acceptors (Lipinski definition) is 7. The van der Waals surface area contributed by atoms with Gasteiger partial charge in [0.2, 0.25) is 0 Å². The van der Waals surface area contributed by atoms with Gasteiger partial charge in [0.25, 0.3) is 0 Å². The van der Waals surface area contributed by atoms with Gasteiger partial charge in [-0.2, -0.15) is 0 Å². The first-order chi connectivity index (χ1) is 18.6. The number of methoxy groups -OCH3 is 1. The van der Waals surface area contributed by atoms with E-state index in [1.165, 1.54) is 18.9 Å². The molecule has 1 atom stereocenters. The van der Waals surface area contributed by atoms with E-state index in [2.05, 4.69) is 10.1 Å². The summed E-state index contributed by atoms with van der Waals surface area (Å²) in [5, 5.41) is 3.88. The fourth-order valence-corrected chi connectivity index (χ4v) is 4.82. The zero-order valence-electron chi connectivity index (χ0n) is 21.4. The number of oxime groups is 1. The van der Waals surface area contributed by atoms with E-state index in [9.17, 15) is 4.79 Å². The molecule has 0 aliphatic carbocycles. The maximum Gasteiger partial charge on any atom is 0.319 e. The predicted molar refractivity (Wildman–Crippen MR) is 152 cm³/mol. The summed E-state index contributed by atoms with van der Waals surface area (Å²) in [5.74, 6) is 0.491. The summed E-state index contributed by atoms with van der Waals surface area (Å²) in [5.41, 5.74) is 4.79. The molecule has 6 nitrogen and oxygen atoms in total. The molecular weight excluding hydrogens is 496 g/mol. The van der Waals surface area contributed by atoms with Gasteiger partial charge in [-0.05, 0) is 60.9 Å². The summed E-state index contributed by atoms with van der Waals surface area (Å²) in [6.45, 7) is 2.60. The highest BCUT2D eigenvalue weighted by Gasteiger charge is 2.21. The van der Waals surface area contributed by atoms with Crippen molar-refractivity contribution in [3.8, 4) is 17.0 Å². The normalized spacial score (nSPS) is 12.0. The van der Waals surface area contributed by atoms with E-state index in [1.807, 2.05) is 104 Å². The van der Waals surface area contributed by atoms with Crippen LogP contribution in [0.15, 0.2) is 113 Å². The molecule has 1 heterocycles. The van der Waals surface area contributed by atoms with Crippen LogP contribution >= 0.6 is 11.8 Å². The van der Waals surface area contributed by atoms with Crippen molar-refractivity contribution in [3.63, 3.8) is 0 Å². The van der Waals surface area contributed by atoms with Crippen molar-refractivity contribution in [2.45, 2.75) is 23.5 Å². The largest absolute Gasteiger partial charge is 0.490 e. The van der Waals surface area contributed by atoms with Crippen LogP contribution in [-0.4, -0.2) is 42.2 Å². The zero-order chi connectivity index (χ0) is 26.6. The first kappa shape index (κ1) is 26.9. The molecule has 1 unspecified atom stereocenters. The highest BCUT2D eigenvalue weighted by atomic mass is 32.2. The second kappa shape index (κ2) is 14.0. The van der Waals surface area contributed by atoms with Gasteiger partial charge in [0.1, 0.15) is 17.6 Å². The summed E-state index contributed by atoms with van der Waals surface area (Å²) in [6, 6.07) is 31.5. The predicted octanol–water partition coefficient (Wildman–Crippen LogP) is 6.44. The average Bonchev–Trinajstić information content (AvgIpc) is 2.98. The van der Waals surface area contributed by atoms with Crippen molar-refractivity contribution in [1.82, 2.24) is 4.98 Å². The summed E-state index contributed by atoms with van der Waals surface area (Å²) in [4.78, 5) is 23.2. The van der Waals surface area contributed by atoms with E-state index >= 15 is 0 Å². The van der Waals surface area contributed by atoms with Gasteiger partial charge in [-0.15, -0.1) is 11.8 Å². The molecule has 38 heavy (non-hydrogen) atoms. The monoisotopic (exact) mass is 526 g/mol. The molecule has 0 saturated carbocycles. The number of rotatable bonds is 12. The Hall–Kier alpha value is -4.10. The number of carbonyl (C=O) groups is 1. The van der Waals surface area contributed by atoms with E-state index in [0.29, 0.717) is 19.6 Å². The molecule has 0 spiro atoms. The van der Waals surface area contributed by atoms with Crippen LogP contribution in [-0.2, 0) is 20.8 Å². The van der Waals surface area contributed by atoms with Crippen molar-refractivity contribution in [3.05, 3.63) is 114 Å². The van der Waals surface area contributed by atoms with Crippen LogP contribution in [0.3, 0.4) is 0 Å². The van der Waals surface area contributed by atoms with Gasteiger partial charge < -0.3 is 14.3 Å². The van der Waals surface area contributed by atoms with Crippen molar-refractivity contribution in [1.29, 1.82) is 0 Å². The van der Waals surface area contributed by atoms with E-state index in [1.54, 1.807) is 6.20 Å². The molecule has 7 heteroatoms. The summed E-state index contributed by atoms with van der Waals surface area (Å²) in [6.07, 6.45) is 2.35. The third-order valence-corrected chi connectivity index (χ3v) is 6.93. The van der Waals surface area contributed by atoms with Gasteiger partial charge in [-0.1, -0.05) is 65.8 Å². The molecule has 0 aliphatic heterocycles. The average molecular weight is 527 g/mol. The van der Waals surface area contributed by atoms with Gasteiger partial charge in [-0.3, -0.25) is 9.78 Å². The summed E-state index contributed by atoms with van der Waals surface area (Å²) >= 11 is 1.50. The quantitative estimate of drug-likeness (QED) is 0.0695. The molecule has 0 N–H and O–H groups in total. The Kier molecular flexibility index (Phi) is 9.93. The minimum atomic E-state index is -0.324. The Morgan fingerprint density at radius 3 is 2.32 bits per heavy atom. The highest BCUT2D eigenvalue weighted by Crippen LogP contribution is 2.27. The third-order valence-electron chi connectivity index (χ3n) is 5.74. The second-order valence-electron chi connectivity index (χ2n) is 8.44. The molecule has 194 valence electrons. The second-order valence-corrected chi connectivity index (χ2v) is 9.72. The summed E-state index contributed by atoms with van der Waals surface area (Å²) in [7, 11) is 1.42. The van der Waals surface area contributed by atoms with Gasteiger partial charge in [0.05, 0.1) is 18.5 Å². The van der Waals surface area contributed by atoms with E-state index in [0.717, 1.165) is 38.7 Å².